The van der Waals surface area contributed by atoms with Crippen LogP contribution in [0.25, 0.3) is 0 Å². The zero-order valence-corrected chi connectivity index (χ0v) is 30.6. The van der Waals surface area contributed by atoms with E-state index in [9.17, 15) is 9.59 Å². The Bertz CT molecular complexity index is 1720. The molecule has 2 aromatic heterocycles. The fourth-order valence-corrected chi connectivity index (χ4v) is 6.23. The van der Waals surface area contributed by atoms with Gasteiger partial charge in [0.05, 0.1) is 22.9 Å². The predicted octanol–water partition coefficient (Wildman–Crippen LogP) is 9.02. The number of halogens is 1. The Balaban J connectivity index is 0.000000218. The van der Waals surface area contributed by atoms with E-state index < -0.39 is 0 Å². The number of nitrogens with zero attached hydrogens (tertiary/aromatic N) is 2. The number of nitrogens with one attached hydrogen (secondary N) is 1. The van der Waals surface area contributed by atoms with Crippen molar-refractivity contribution in [1.29, 1.82) is 0 Å². The molecule has 2 atom stereocenters. The van der Waals surface area contributed by atoms with Crippen LogP contribution in [0.2, 0.25) is 5.02 Å². The molecule has 0 saturated heterocycles. The van der Waals surface area contributed by atoms with Crippen molar-refractivity contribution in [3.05, 3.63) is 123 Å². The number of carbonyl (C=O) groups is 2. The Morgan fingerprint density at radius 3 is 2.29 bits per heavy atom. The minimum atomic E-state index is -0.204. The first-order chi connectivity index (χ1) is 22.6. The summed E-state index contributed by atoms with van der Waals surface area (Å²) in [6.07, 6.45) is 5.31. The van der Waals surface area contributed by atoms with Crippen LogP contribution in [0, 0.1) is 17.3 Å². The molecule has 0 radical (unpaired) electrons. The van der Waals surface area contributed by atoms with Crippen LogP contribution in [0.5, 0.6) is 0 Å². The van der Waals surface area contributed by atoms with E-state index >= 15 is 0 Å². The summed E-state index contributed by atoms with van der Waals surface area (Å²) in [5, 5.41) is 7.62. The first-order valence-electron chi connectivity index (χ1n) is 16.6. The highest BCUT2D eigenvalue weighted by Gasteiger charge is 2.61. The van der Waals surface area contributed by atoms with Gasteiger partial charge < -0.3 is 14.5 Å². The second kappa shape index (κ2) is 15.4. The fraction of sp³-hybridized carbons (Fsp3) is 0.425. The molecule has 1 amide bonds. The molecule has 4 aromatic rings. The van der Waals surface area contributed by atoms with Gasteiger partial charge in [0, 0.05) is 25.6 Å². The first-order valence-corrected chi connectivity index (χ1v) is 17.0. The number of hydrogen-bond donors (Lipinski definition) is 1. The molecule has 1 aliphatic rings. The Hall–Kier alpha value is -4.10. The van der Waals surface area contributed by atoms with E-state index in [-0.39, 0.29) is 41.1 Å². The standard InChI is InChI=1S/C22H26O3.C18H24ClN3O/c1-15(2)10-19-20(22(19,3)4)21(23)25-14-17-12-18(24-13-17)11-16-8-6-5-7-9-16;1-6-14-15(19)16(22(5)21-14)17(23)20-11-12-7-9-13(10-8-12)18(2,3)4/h5-10,12-13,19-20H,11,14H2,1-4H3;7-10H,6,11H2,1-5H3,(H,20,23). The van der Waals surface area contributed by atoms with Gasteiger partial charge in [-0.25, -0.2) is 0 Å². The van der Waals surface area contributed by atoms with E-state index in [4.69, 9.17) is 20.8 Å². The van der Waals surface area contributed by atoms with E-state index in [1.807, 2.05) is 43.3 Å². The van der Waals surface area contributed by atoms with Crippen LogP contribution in [-0.2, 0) is 48.0 Å². The number of amides is 1. The van der Waals surface area contributed by atoms with E-state index in [2.05, 4.69) is 89.2 Å². The Morgan fingerprint density at radius 2 is 1.71 bits per heavy atom. The van der Waals surface area contributed by atoms with E-state index in [1.54, 1.807) is 18.0 Å². The summed E-state index contributed by atoms with van der Waals surface area (Å²) in [6, 6.07) is 20.4. The number of hydrogen-bond acceptors (Lipinski definition) is 5. The number of aryl methyl sites for hydroxylation is 2. The zero-order valence-electron chi connectivity index (χ0n) is 29.8. The van der Waals surface area contributed by atoms with Gasteiger partial charge in [-0.3, -0.25) is 14.3 Å². The summed E-state index contributed by atoms with van der Waals surface area (Å²) >= 11 is 6.23. The third-order valence-electron chi connectivity index (χ3n) is 8.87. The fourth-order valence-electron chi connectivity index (χ4n) is 5.85. The van der Waals surface area contributed by atoms with Crippen molar-refractivity contribution < 1.29 is 18.7 Å². The molecule has 7 nitrogen and oxygen atoms in total. The molecule has 2 heterocycles. The second-order valence-electron chi connectivity index (χ2n) is 14.5. The minimum Gasteiger partial charge on any atom is -0.469 e. The normalized spacial score (nSPS) is 16.4. The Morgan fingerprint density at radius 1 is 1.04 bits per heavy atom. The molecule has 8 heteroatoms. The molecule has 5 rings (SSSR count). The molecular formula is C40H50ClN3O4. The van der Waals surface area contributed by atoms with Gasteiger partial charge in [-0.05, 0) is 59.8 Å². The summed E-state index contributed by atoms with van der Waals surface area (Å²) in [6.45, 7) is 17.6. The van der Waals surface area contributed by atoms with Gasteiger partial charge in [-0.1, -0.05) is 119 Å². The molecule has 0 aliphatic heterocycles. The Kier molecular flexibility index (Phi) is 11.8. The second-order valence-corrected chi connectivity index (χ2v) is 14.9. The van der Waals surface area contributed by atoms with Crippen molar-refractivity contribution in [2.24, 2.45) is 24.3 Å². The number of furan rings is 1. The number of benzene rings is 2. The predicted molar refractivity (Wildman–Crippen MR) is 192 cm³/mol. The van der Waals surface area contributed by atoms with Crippen LogP contribution in [0.1, 0.15) is 99.6 Å². The molecule has 0 bridgehead atoms. The smallest absolute Gasteiger partial charge is 0.310 e. The van der Waals surface area contributed by atoms with E-state index in [0.717, 1.165) is 29.0 Å². The Labute approximate surface area is 290 Å². The molecule has 2 aromatic carbocycles. The molecule has 0 spiro atoms. The topological polar surface area (TPSA) is 86.4 Å². The number of esters is 1. The molecule has 2 unspecified atom stereocenters. The van der Waals surface area contributed by atoms with Gasteiger partial charge in [0.1, 0.15) is 18.1 Å². The maximum absolute atomic E-state index is 12.4. The lowest BCUT2D eigenvalue weighted by Crippen LogP contribution is -2.25. The molecule has 1 fully saturated rings. The highest BCUT2D eigenvalue weighted by Crippen LogP contribution is 2.59. The minimum absolute atomic E-state index is 0.0107. The number of rotatable bonds is 10. The first kappa shape index (κ1) is 36.7. The average molecular weight is 672 g/mol. The monoisotopic (exact) mass is 671 g/mol. The number of carbonyl (C=O) groups excluding carboxylic acids is 2. The highest BCUT2D eigenvalue weighted by molar-refractivity contribution is 6.34. The third-order valence-corrected chi connectivity index (χ3v) is 9.26. The van der Waals surface area contributed by atoms with E-state index in [1.165, 1.54) is 16.7 Å². The largest absolute Gasteiger partial charge is 0.469 e. The molecular weight excluding hydrogens is 622 g/mol. The maximum Gasteiger partial charge on any atom is 0.310 e. The number of allylic oxidation sites excluding steroid dienone is 2. The van der Waals surface area contributed by atoms with Crippen LogP contribution < -0.4 is 5.32 Å². The van der Waals surface area contributed by atoms with Gasteiger partial charge >= 0.3 is 5.97 Å². The van der Waals surface area contributed by atoms with Gasteiger partial charge in [-0.2, -0.15) is 5.10 Å². The van der Waals surface area contributed by atoms with Crippen LogP contribution in [-0.4, -0.2) is 21.7 Å². The zero-order chi connectivity index (χ0) is 35.2. The summed E-state index contributed by atoms with van der Waals surface area (Å²) < 4.78 is 12.7. The van der Waals surface area contributed by atoms with Crippen LogP contribution >= 0.6 is 11.6 Å². The summed E-state index contributed by atoms with van der Waals surface area (Å²) in [4.78, 5) is 24.8. The molecule has 1 saturated carbocycles. The lowest BCUT2D eigenvalue weighted by atomic mass is 9.87. The number of aromatic nitrogens is 2. The van der Waals surface area contributed by atoms with Crippen molar-refractivity contribution in [2.75, 3.05) is 0 Å². The summed E-state index contributed by atoms with van der Waals surface area (Å²) in [5.74, 6) is 0.801. The van der Waals surface area contributed by atoms with Gasteiger partial charge in [0.2, 0.25) is 0 Å². The third kappa shape index (κ3) is 9.28. The SMILES string of the molecule is CC(C)=CC1C(C(=O)OCc2coc(Cc3ccccc3)c2)C1(C)C.CCc1nn(C)c(C(=O)NCc2ccc(C(C)(C)C)cc2)c1Cl. The van der Waals surface area contributed by atoms with Crippen LogP contribution in [0.4, 0.5) is 0 Å². The van der Waals surface area contributed by atoms with E-state index in [0.29, 0.717) is 23.7 Å². The van der Waals surface area contributed by atoms with Crippen LogP contribution in [0.15, 0.2) is 83.0 Å². The van der Waals surface area contributed by atoms with Crippen molar-refractivity contribution in [2.45, 2.75) is 86.8 Å². The molecule has 1 N–H and O–H groups in total. The summed E-state index contributed by atoms with van der Waals surface area (Å²) in [7, 11) is 1.73. The highest BCUT2D eigenvalue weighted by atomic mass is 35.5. The van der Waals surface area contributed by atoms with Crippen molar-refractivity contribution in [1.82, 2.24) is 15.1 Å². The van der Waals surface area contributed by atoms with Crippen molar-refractivity contribution in [3.8, 4) is 0 Å². The molecule has 256 valence electrons. The van der Waals surface area contributed by atoms with Gasteiger partial charge in [0.15, 0.2) is 0 Å². The van der Waals surface area contributed by atoms with Gasteiger partial charge in [0.25, 0.3) is 5.91 Å². The number of ether oxygens (including phenoxy) is 1. The van der Waals surface area contributed by atoms with Crippen molar-refractivity contribution in [3.63, 3.8) is 0 Å². The maximum atomic E-state index is 12.4. The van der Waals surface area contributed by atoms with Crippen LogP contribution in [0.3, 0.4) is 0 Å². The quantitative estimate of drug-likeness (QED) is 0.134. The average Bonchev–Trinajstić information content (AvgIpc) is 3.29. The lowest BCUT2D eigenvalue weighted by molar-refractivity contribution is -0.147. The lowest BCUT2D eigenvalue weighted by Gasteiger charge is -2.19. The molecule has 48 heavy (non-hydrogen) atoms. The summed E-state index contributed by atoms with van der Waals surface area (Å²) in [5.41, 5.74) is 6.94. The van der Waals surface area contributed by atoms with Gasteiger partial charge in [-0.15, -0.1) is 0 Å². The molecule has 1 aliphatic carbocycles. The van der Waals surface area contributed by atoms with Crippen molar-refractivity contribution >= 4 is 23.5 Å².